The number of carbonyl (C=O) groups excluding carboxylic acids is 3. The molecule has 1 aliphatic carbocycles. The molecule has 25 heavy (non-hydrogen) atoms. The zero-order chi connectivity index (χ0) is 17.6. The first-order chi connectivity index (χ1) is 12.1. The third-order valence-corrected chi connectivity index (χ3v) is 5.93. The number of amides is 2. The molecule has 6 nitrogen and oxygen atoms in total. The second-order valence-corrected chi connectivity index (χ2v) is 7.61. The van der Waals surface area contributed by atoms with Crippen molar-refractivity contribution >= 4 is 29.1 Å². The van der Waals surface area contributed by atoms with Crippen LogP contribution in [-0.2, 0) is 14.3 Å². The van der Waals surface area contributed by atoms with E-state index in [1.165, 1.54) is 37.0 Å². The molecule has 1 saturated heterocycles. The third-order valence-electron chi connectivity index (χ3n) is 5.06. The molecule has 2 fully saturated rings. The first kappa shape index (κ1) is 17.9. The molecule has 1 aliphatic heterocycles. The maximum atomic E-state index is 12.4. The molecule has 2 atom stereocenters. The van der Waals surface area contributed by atoms with Crippen LogP contribution in [0.2, 0.25) is 0 Å². The van der Waals surface area contributed by atoms with Crippen LogP contribution in [0.3, 0.4) is 0 Å². The van der Waals surface area contributed by atoms with Crippen LogP contribution in [0.15, 0.2) is 17.5 Å². The molecule has 0 unspecified atom stereocenters. The Labute approximate surface area is 151 Å². The molecule has 0 aromatic carbocycles. The minimum atomic E-state index is -0.588. The average molecular weight is 364 g/mol. The number of likely N-dealkylation sites (tertiary alicyclic amines) is 1. The van der Waals surface area contributed by atoms with E-state index < -0.39 is 5.97 Å². The van der Waals surface area contributed by atoms with Gasteiger partial charge >= 0.3 is 5.97 Å². The van der Waals surface area contributed by atoms with Gasteiger partial charge in [-0.25, -0.2) is 0 Å². The largest absolute Gasteiger partial charge is 0.454 e. The van der Waals surface area contributed by atoms with E-state index in [0.29, 0.717) is 16.8 Å². The minimum Gasteiger partial charge on any atom is -0.454 e. The van der Waals surface area contributed by atoms with Crippen molar-refractivity contribution in [3.63, 3.8) is 0 Å². The Kier molecular flexibility index (Phi) is 6.07. The predicted octanol–water partition coefficient (Wildman–Crippen LogP) is 2.20. The van der Waals surface area contributed by atoms with Crippen LogP contribution in [0.5, 0.6) is 0 Å². The van der Waals surface area contributed by atoms with Gasteiger partial charge in [0, 0.05) is 12.6 Å². The minimum absolute atomic E-state index is 0.116. The lowest BCUT2D eigenvalue weighted by molar-refractivity contribution is -0.154. The van der Waals surface area contributed by atoms with E-state index in [1.54, 1.807) is 17.5 Å². The lowest BCUT2D eigenvalue weighted by Gasteiger charge is -2.44. The molecule has 0 spiro atoms. The lowest BCUT2D eigenvalue weighted by Crippen LogP contribution is -2.51. The molecular weight excluding hydrogens is 340 g/mol. The number of ether oxygens (including phenoxy) is 1. The highest BCUT2D eigenvalue weighted by Gasteiger charge is 2.35. The first-order valence-electron chi connectivity index (χ1n) is 8.92. The van der Waals surface area contributed by atoms with Gasteiger partial charge in [-0.05, 0) is 43.0 Å². The van der Waals surface area contributed by atoms with Crippen molar-refractivity contribution in [2.24, 2.45) is 5.92 Å². The van der Waals surface area contributed by atoms with Crippen molar-refractivity contribution in [3.8, 4) is 0 Å². The van der Waals surface area contributed by atoms with E-state index in [4.69, 9.17) is 4.74 Å². The summed E-state index contributed by atoms with van der Waals surface area (Å²) in [5.74, 6) is -0.406. The van der Waals surface area contributed by atoms with Gasteiger partial charge in [0.25, 0.3) is 11.8 Å². The van der Waals surface area contributed by atoms with Crippen molar-refractivity contribution in [2.75, 3.05) is 19.7 Å². The van der Waals surface area contributed by atoms with E-state index in [9.17, 15) is 14.4 Å². The Morgan fingerprint density at radius 2 is 2.00 bits per heavy atom. The van der Waals surface area contributed by atoms with Crippen LogP contribution in [0.1, 0.15) is 48.2 Å². The molecular formula is C18H24N2O4S. The zero-order valence-corrected chi connectivity index (χ0v) is 15.1. The third kappa shape index (κ3) is 4.60. The summed E-state index contributed by atoms with van der Waals surface area (Å²) in [6.07, 6.45) is 6.90. The molecule has 2 amide bonds. The Hall–Kier alpha value is -1.89. The van der Waals surface area contributed by atoms with Gasteiger partial charge < -0.3 is 15.0 Å². The number of nitrogens with zero attached hydrogens (tertiary/aromatic N) is 1. The highest BCUT2D eigenvalue weighted by molar-refractivity contribution is 7.12. The van der Waals surface area contributed by atoms with Gasteiger partial charge in [-0.1, -0.05) is 18.9 Å². The van der Waals surface area contributed by atoms with E-state index in [1.807, 2.05) is 4.90 Å². The molecule has 1 aromatic rings. The number of hydrogen-bond acceptors (Lipinski definition) is 5. The average Bonchev–Trinajstić information content (AvgIpc) is 3.18. The molecule has 0 radical (unpaired) electrons. The quantitative estimate of drug-likeness (QED) is 0.813. The Morgan fingerprint density at radius 3 is 2.80 bits per heavy atom. The van der Waals surface area contributed by atoms with Crippen LogP contribution < -0.4 is 5.32 Å². The molecule has 136 valence electrons. The first-order valence-corrected chi connectivity index (χ1v) is 9.80. The molecule has 2 aliphatic rings. The second-order valence-electron chi connectivity index (χ2n) is 6.66. The number of rotatable bonds is 5. The molecule has 1 saturated carbocycles. The molecule has 3 rings (SSSR count). The van der Waals surface area contributed by atoms with Crippen LogP contribution in [0, 0.1) is 5.92 Å². The summed E-state index contributed by atoms with van der Waals surface area (Å²) in [6.45, 7) is 0.291. The number of thiophene rings is 1. The van der Waals surface area contributed by atoms with E-state index in [-0.39, 0.29) is 25.0 Å². The zero-order valence-electron chi connectivity index (χ0n) is 14.2. The Balaban J connectivity index is 1.42. The Bertz CT molecular complexity index is 615. The van der Waals surface area contributed by atoms with Crippen molar-refractivity contribution in [1.82, 2.24) is 10.2 Å². The summed E-state index contributed by atoms with van der Waals surface area (Å²) in [6, 6.07) is 3.77. The van der Waals surface area contributed by atoms with Crippen molar-refractivity contribution in [3.05, 3.63) is 22.4 Å². The van der Waals surface area contributed by atoms with Gasteiger partial charge in [0.05, 0.1) is 4.88 Å². The van der Waals surface area contributed by atoms with Crippen molar-refractivity contribution in [1.29, 1.82) is 0 Å². The molecule has 7 heteroatoms. The summed E-state index contributed by atoms with van der Waals surface area (Å²) in [7, 11) is 0. The van der Waals surface area contributed by atoms with E-state index in [0.717, 1.165) is 19.4 Å². The van der Waals surface area contributed by atoms with Gasteiger partial charge in [-0.3, -0.25) is 14.4 Å². The lowest BCUT2D eigenvalue weighted by atomic mass is 9.78. The van der Waals surface area contributed by atoms with Crippen LogP contribution >= 0.6 is 11.3 Å². The number of carbonyl (C=O) groups is 3. The summed E-state index contributed by atoms with van der Waals surface area (Å²) in [5, 5.41) is 4.30. The normalized spacial score (nSPS) is 22.8. The topological polar surface area (TPSA) is 75.7 Å². The number of hydrogen-bond donors (Lipinski definition) is 1. The van der Waals surface area contributed by atoms with Crippen LogP contribution in [0.25, 0.3) is 0 Å². The number of esters is 1. The van der Waals surface area contributed by atoms with E-state index in [2.05, 4.69) is 5.32 Å². The SMILES string of the molecule is O=C(CNC(=O)c1cccs1)OCC(=O)N1CCC[C@@H]2CCCC[C@@H]21. The van der Waals surface area contributed by atoms with Gasteiger partial charge in [-0.15, -0.1) is 11.3 Å². The second kappa shape index (κ2) is 8.47. The maximum Gasteiger partial charge on any atom is 0.325 e. The van der Waals surface area contributed by atoms with Crippen molar-refractivity contribution in [2.45, 2.75) is 44.6 Å². The highest BCUT2D eigenvalue weighted by Crippen LogP contribution is 2.35. The summed E-state index contributed by atoms with van der Waals surface area (Å²) in [5.41, 5.74) is 0. The fourth-order valence-electron chi connectivity index (χ4n) is 3.86. The van der Waals surface area contributed by atoms with Gasteiger partial charge in [-0.2, -0.15) is 0 Å². The summed E-state index contributed by atoms with van der Waals surface area (Å²) < 4.78 is 5.06. The predicted molar refractivity (Wildman–Crippen MR) is 94.3 cm³/mol. The number of piperidine rings is 1. The molecule has 1 aromatic heterocycles. The Morgan fingerprint density at radius 1 is 1.20 bits per heavy atom. The number of fused-ring (bicyclic) bond motifs is 1. The van der Waals surface area contributed by atoms with Crippen LogP contribution in [-0.4, -0.2) is 48.4 Å². The molecule has 2 heterocycles. The molecule has 0 bridgehead atoms. The summed E-state index contributed by atoms with van der Waals surface area (Å²) in [4.78, 5) is 38.4. The maximum absolute atomic E-state index is 12.4. The standard InChI is InChI=1S/C18H24N2O4S/c21-16(20-9-3-6-13-5-1-2-7-14(13)20)12-24-17(22)11-19-18(23)15-8-4-10-25-15/h4,8,10,13-14H,1-3,5-7,9,11-12H2,(H,19,23)/t13-,14-/m0/s1. The fraction of sp³-hybridized carbons (Fsp3) is 0.611. The van der Waals surface area contributed by atoms with Crippen LogP contribution in [0.4, 0.5) is 0 Å². The highest BCUT2D eigenvalue weighted by atomic mass is 32.1. The van der Waals surface area contributed by atoms with E-state index >= 15 is 0 Å². The summed E-state index contributed by atoms with van der Waals surface area (Å²) >= 11 is 1.31. The smallest absolute Gasteiger partial charge is 0.325 e. The fourth-order valence-corrected chi connectivity index (χ4v) is 4.50. The van der Waals surface area contributed by atoms with Crippen molar-refractivity contribution < 1.29 is 19.1 Å². The molecule has 1 N–H and O–H groups in total. The monoisotopic (exact) mass is 364 g/mol. The van der Waals surface area contributed by atoms with Gasteiger partial charge in [0.15, 0.2) is 6.61 Å². The van der Waals surface area contributed by atoms with Gasteiger partial charge in [0.1, 0.15) is 6.54 Å². The van der Waals surface area contributed by atoms with Gasteiger partial charge in [0.2, 0.25) is 0 Å². The number of nitrogens with one attached hydrogen (secondary N) is 1.